The maximum absolute atomic E-state index is 12.9. The van der Waals surface area contributed by atoms with Crippen LogP contribution in [0.1, 0.15) is 6.42 Å². The number of fused-ring (bicyclic) bond motifs is 3. The number of carbonyl (C=O) groups is 2. The monoisotopic (exact) mass is 252 g/mol. The topological polar surface area (TPSA) is 34.1 Å². The first-order valence-corrected chi connectivity index (χ1v) is 8.38. The maximum atomic E-state index is 12.9. The highest BCUT2D eigenvalue weighted by molar-refractivity contribution is 5.96. The summed E-state index contributed by atoms with van der Waals surface area (Å²) in [7, 11) is 0. The Morgan fingerprint density at radius 2 is 1.11 bits per heavy atom. The molecule has 8 rings (SSSR count). The van der Waals surface area contributed by atoms with Crippen molar-refractivity contribution < 1.29 is 9.59 Å². The molecule has 96 valence electrons. The summed E-state index contributed by atoms with van der Waals surface area (Å²) in [5, 5.41) is 0. The molecule has 0 spiro atoms. The number of hydrogen-bond donors (Lipinski definition) is 0. The van der Waals surface area contributed by atoms with Gasteiger partial charge >= 0.3 is 0 Å². The highest BCUT2D eigenvalue weighted by atomic mass is 16.1. The average molecular weight is 252 g/mol. The molecule has 2 heteroatoms. The van der Waals surface area contributed by atoms with Crippen molar-refractivity contribution in [3.8, 4) is 0 Å². The summed E-state index contributed by atoms with van der Waals surface area (Å²) in [4.78, 5) is 25.8. The van der Waals surface area contributed by atoms with Crippen molar-refractivity contribution in [2.24, 2.45) is 82.9 Å². The van der Waals surface area contributed by atoms with Gasteiger partial charge in [0.25, 0.3) is 0 Å². The summed E-state index contributed by atoms with van der Waals surface area (Å²) in [5.74, 6) is 10.3. The molecule has 0 aliphatic heterocycles. The fraction of sp³-hybridized carbons (Fsp3) is 0.882. The van der Waals surface area contributed by atoms with Gasteiger partial charge in [-0.15, -0.1) is 0 Å². The van der Waals surface area contributed by atoms with Gasteiger partial charge in [-0.25, -0.2) is 0 Å². The van der Waals surface area contributed by atoms with Gasteiger partial charge in [0.2, 0.25) is 0 Å². The van der Waals surface area contributed by atoms with Crippen LogP contribution in [0.15, 0.2) is 0 Å². The molecular formula is C17H16O2. The predicted octanol–water partition coefficient (Wildman–Crippen LogP) is 1.25. The molecule has 6 bridgehead atoms. The van der Waals surface area contributed by atoms with Crippen LogP contribution in [0.25, 0.3) is 0 Å². The fourth-order valence-electron chi connectivity index (χ4n) is 10.6. The van der Waals surface area contributed by atoms with Crippen molar-refractivity contribution in [2.45, 2.75) is 6.42 Å². The molecular weight excluding hydrogens is 236 g/mol. The van der Waals surface area contributed by atoms with Gasteiger partial charge in [0.1, 0.15) is 11.6 Å². The smallest absolute Gasteiger partial charge is 0.140 e. The predicted molar refractivity (Wildman–Crippen MR) is 63.5 cm³/mol. The first-order chi connectivity index (χ1) is 9.30. The van der Waals surface area contributed by atoms with E-state index in [2.05, 4.69) is 0 Å². The van der Waals surface area contributed by atoms with E-state index in [1.54, 1.807) is 0 Å². The Hall–Kier alpha value is -0.660. The lowest BCUT2D eigenvalue weighted by Gasteiger charge is -2.40. The first kappa shape index (κ1) is 8.59. The van der Waals surface area contributed by atoms with Crippen molar-refractivity contribution in [2.75, 3.05) is 0 Å². The molecule has 2 nitrogen and oxygen atoms in total. The quantitative estimate of drug-likeness (QED) is 0.650. The van der Waals surface area contributed by atoms with E-state index in [0.717, 1.165) is 41.4 Å². The Bertz CT molecular complexity index is 625. The standard InChI is InChI=1S/C17H16O2/c18-16-7-3-1-2-5-4(3)8-9(7)11-12-10(8)13(5)17(19)15(12)6(2)14(11)16/h2-15H,1H2/t2-,3-,4+,5+,6+,7-,8-,9-,10+,11+,12-,13-,14+,15-/m1/s1. The molecule has 0 aromatic heterocycles. The SMILES string of the molecule is O=C1[C@@H]2[C@@H]3C[C@H]4[C@@H]5[C@H]6C(=O)[C@H]7[C@@H]8[C@@H]6[C@@H]([C@@H]15)[C@H]2[C@H]8[C@@H]3[C@H]47. The Morgan fingerprint density at radius 1 is 0.526 bits per heavy atom. The van der Waals surface area contributed by atoms with Crippen LogP contribution in [-0.2, 0) is 9.59 Å². The third-order valence-electron chi connectivity index (χ3n) is 9.82. The first-order valence-electron chi connectivity index (χ1n) is 8.38. The summed E-state index contributed by atoms with van der Waals surface area (Å²) in [6, 6.07) is 0. The van der Waals surface area contributed by atoms with E-state index in [-0.39, 0.29) is 0 Å². The Balaban J connectivity index is 1.62. The van der Waals surface area contributed by atoms with Crippen molar-refractivity contribution in [1.82, 2.24) is 0 Å². The van der Waals surface area contributed by atoms with Crippen LogP contribution >= 0.6 is 0 Å². The van der Waals surface area contributed by atoms with Crippen LogP contribution in [0.5, 0.6) is 0 Å². The highest BCUT2D eigenvalue weighted by Crippen LogP contribution is 2.89. The van der Waals surface area contributed by atoms with Gasteiger partial charge in [-0.2, -0.15) is 0 Å². The normalized spacial score (nSPS) is 84.8. The molecule has 0 aromatic carbocycles. The van der Waals surface area contributed by atoms with Crippen molar-refractivity contribution in [1.29, 1.82) is 0 Å². The zero-order chi connectivity index (χ0) is 11.9. The lowest BCUT2D eigenvalue weighted by Crippen LogP contribution is -2.43. The number of hydrogen-bond acceptors (Lipinski definition) is 2. The van der Waals surface area contributed by atoms with E-state index < -0.39 is 0 Å². The van der Waals surface area contributed by atoms with Crippen LogP contribution in [0.2, 0.25) is 0 Å². The van der Waals surface area contributed by atoms with Gasteiger partial charge in [-0.1, -0.05) is 0 Å². The molecule has 8 aliphatic carbocycles. The summed E-state index contributed by atoms with van der Waals surface area (Å²) >= 11 is 0. The van der Waals surface area contributed by atoms with Crippen LogP contribution in [0.4, 0.5) is 0 Å². The molecule has 0 N–H and O–H groups in total. The van der Waals surface area contributed by atoms with Gasteiger partial charge in [0.15, 0.2) is 0 Å². The molecule has 0 unspecified atom stereocenters. The second-order valence-corrected chi connectivity index (χ2v) is 9.09. The van der Waals surface area contributed by atoms with Crippen molar-refractivity contribution in [3.05, 3.63) is 0 Å². The lowest BCUT2D eigenvalue weighted by atomic mass is 9.63. The van der Waals surface area contributed by atoms with E-state index in [9.17, 15) is 9.59 Å². The molecule has 8 saturated carbocycles. The van der Waals surface area contributed by atoms with Gasteiger partial charge in [0, 0.05) is 23.7 Å². The minimum atomic E-state index is 0.362. The molecule has 0 aromatic rings. The number of Topliss-reactive ketones (excluding diaryl/α,β-unsaturated/α-hetero) is 2. The zero-order valence-electron chi connectivity index (χ0n) is 10.6. The fourth-order valence-corrected chi connectivity index (χ4v) is 10.6. The summed E-state index contributed by atoms with van der Waals surface area (Å²) in [6.45, 7) is 0. The number of ketones is 2. The minimum absolute atomic E-state index is 0.362. The summed E-state index contributed by atoms with van der Waals surface area (Å²) < 4.78 is 0. The second-order valence-electron chi connectivity index (χ2n) is 9.09. The van der Waals surface area contributed by atoms with Crippen molar-refractivity contribution in [3.63, 3.8) is 0 Å². The second kappa shape index (κ2) is 1.98. The molecule has 0 heterocycles. The molecule has 8 aliphatic rings. The number of rotatable bonds is 0. The largest absolute Gasteiger partial charge is 0.299 e. The Morgan fingerprint density at radius 3 is 1.89 bits per heavy atom. The molecule has 0 radical (unpaired) electrons. The van der Waals surface area contributed by atoms with Crippen LogP contribution < -0.4 is 0 Å². The molecule has 8 fully saturated rings. The molecule has 0 amide bonds. The van der Waals surface area contributed by atoms with Gasteiger partial charge < -0.3 is 0 Å². The molecule has 19 heavy (non-hydrogen) atoms. The summed E-state index contributed by atoms with van der Waals surface area (Å²) in [5.41, 5.74) is 0. The van der Waals surface area contributed by atoms with Crippen LogP contribution in [0.3, 0.4) is 0 Å². The highest BCUT2D eigenvalue weighted by Gasteiger charge is 2.90. The molecule has 14 atom stereocenters. The van der Waals surface area contributed by atoms with E-state index in [0.29, 0.717) is 53.0 Å². The Kier molecular flexibility index (Phi) is 0.896. The average Bonchev–Trinajstić information content (AvgIpc) is 3.08. The Labute approximate surface area is 111 Å². The lowest BCUT2D eigenvalue weighted by molar-refractivity contribution is -0.136. The van der Waals surface area contributed by atoms with E-state index in [4.69, 9.17) is 0 Å². The van der Waals surface area contributed by atoms with E-state index in [1.807, 2.05) is 0 Å². The third kappa shape index (κ3) is 0.489. The van der Waals surface area contributed by atoms with Crippen LogP contribution in [-0.4, -0.2) is 11.6 Å². The van der Waals surface area contributed by atoms with E-state index in [1.165, 1.54) is 6.42 Å². The van der Waals surface area contributed by atoms with Crippen LogP contribution in [0, 0.1) is 82.9 Å². The third-order valence-corrected chi connectivity index (χ3v) is 9.82. The molecule has 0 saturated heterocycles. The summed E-state index contributed by atoms with van der Waals surface area (Å²) in [6.07, 6.45) is 1.34. The number of carbonyl (C=O) groups excluding carboxylic acids is 2. The minimum Gasteiger partial charge on any atom is -0.299 e. The zero-order valence-corrected chi connectivity index (χ0v) is 10.6. The van der Waals surface area contributed by atoms with Gasteiger partial charge in [-0.05, 0) is 65.6 Å². The van der Waals surface area contributed by atoms with E-state index >= 15 is 0 Å². The van der Waals surface area contributed by atoms with Crippen molar-refractivity contribution >= 4 is 11.6 Å². The van der Waals surface area contributed by atoms with Gasteiger partial charge in [-0.3, -0.25) is 9.59 Å². The van der Waals surface area contributed by atoms with Gasteiger partial charge in [0.05, 0.1) is 0 Å². The maximum Gasteiger partial charge on any atom is 0.140 e.